The van der Waals surface area contributed by atoms with Gasteiger partial charge in [0.2, 0.25) is 0 Å². The Kier molecular flexibility index (Phi) is 8.80. The molecule has 0 saturated carbocycles. The lowest BCUT2D eigenvalue weighted by atomic mass is 10.0. The van der Waals surface area contributed by atoms with Crippen LogP contribution >= 0.6 is 11.3 Å². The summed E-state index contributed by atoms with van der Waals surface area (Å²) in [5.41, 5.74) is 4.50. The van der Waals surface area contributed by atoms with Crippen molar-refractivity contribution in [2.45, 2.75) is 19.8 Å². The third kappa shape index (κ3) is 7.24. The summed E-state index contributed by atoms with van der Waals surface area (Å²) in [6.07, 6.45) is 4.95. The third-order valence-corrected chi connectivity index (χ3v) is 6.54. The Morgan fingerprint density at radius 1 is 0.789 bits per heavy atom. The highest BCUT2D eigenvalue weighted by Crippen LogP contribution is 2.18. The maximum atomic E-state index is 13.2. The van der Waals surface area contributed by atoms with E-state index in [-0.39, 0.29) is 17.4 Å². The van der Waals surface area contributed by atoms with Gasteiger partial charge in [-0.05, 0) is 88.0 Å². The zero-order valence-corrected chi connectivity index (χ0v) is 22.0. The first-order valence-corrected chi connectivity index (χ1v) is 13.2. The number of anilines is 1. The van der Waals surface area contributed by atoms with Crippen molar-refractivity contribution in [3.8, 4) is 0 Å². The lowest BCUT2D eigenvalue weighted by Crippen LogP contribution is -2.30. The molecule has 0 unspecified atom stereocenters. The van der Waals surface area contributed by atoms with Gasteiger partial charge in [0.15, 0.2) is 5.78 Å². The first kappa shape index (κ1) is 26.5. The quantitative estimate of drug-likeness (QED) is 0.181. The fourth-order valence-electron chi connectivity index (χ4n) is 3.64. The maximum absolute atomic E-state index is 13.2. The Labute approximate surface area is 226 Å². The van der Waals surface area contributed by atoms with E-state index in [0.717, 1.165) is 11.1 Å². The number of carbonyl (C=O) groups is 3. The molecule has 0 saturated heterocycles. The number of benzene rings is 3. The van der Waals surface area contributed by atoms with Crippen molar-refractivity contribution in [3.63, 3.8) is 0 Å². The van der Waals surface area contributed by atoms with E-state index in [9.17, 15) is 14.4 Å². The minimum atomic E-state index is -0.473. The molecule has 4 aromatic rings. The van der Waals surface area contributed by atoms with Crippen molar-refractivity contribution < 1.29 is 14.4 Å². The Morgan fingerprint density at radius 2 is 1.50 bits per heavy atom. The molecule has 0 bridgehead atoms. The lowest BCUT2D eigenvalue weighted by molar-refractivity contribution is -0.113. The molecule has 0 aliphatic carbocycles. The Balaban J connectivity index is 1.51. The monoisotopic (exact) mass is 520 g/mol. The molecule has 5 nitrogen and oxygen atoms in total. The summed E-state index contributed by atoms with van der Waals surface area (Å²) in [4.78, 5) is 38.6. The van der Waals surface area contributed by atoms with Crippen LogP contribution in [0.2, 0.25) is 0 Å². The molecule has 38 heavy (non-hydrogen) atoms. The van der Waals surface area contributed by atoms with Gasteiger partial charge in [0.1, 0.15) is 5.70 Å². The number of ketones is 1. The summed E-state index contributed by atoms with van der Waals surface area (Å²) in [5.74, 6) is -0.605. The van der Waals surface area contributed by atoms with Crippen LogP contribution in [0, 0.1) is 0 Å². The summed E-state index contributed by atoms with van der Waals surface area (Å²) in [6.45, 7) is 4.23. The van der Waals surface area contributed by atoms with Crippen molar-refractivity contribution in [2.24, 2.45) is 0 Å². The van der Waals surface area contributed by atoms with Gasteiger partial charge in [0, 0.05) is 16.8 Å². The van der Waals surface area contributed by atoms with Crippen LogP contribution in [0.5, 0.6) is 0 Å². The number of rotatable bonds is 9. The summed E-state index contributed by atoms with van der Waals surface area (Å²) < 4.78 is 0. The molecule has 6 heteroatoms. The topological polar surface area (TPSA) is 75.3 Å². The minimum absolute atomic E-state index is 0.106. The third-order valence-electron chi connectivity index (χ3n) is 5.84. The van der Waals surface area contributed by atoms with E-state index < -0.39 is 5.91 Å². The Bertz CT molecular complexity index is 1450. The minimum Gasteiger partial charge on any atom is -0.321 e. The van der Waals surface area contributed by atoms with Gasteiger partial charge in [0.25, 0.3) is 11.8 Å². The largest absolute Gasteiger partial charge is 0.321 e. The second-order valence-electron chi connectivity index (χ2n) is 8.99. The second-order valence-corrected chi connectivity index (χ2v) is 9.77. The second kappa shape index (κ2) is 12.6. The van der Waals surface area contributed by atoms with E-state index in [1.54, 1.807) is 72.0 Å². The maximum Gasteiger partial charge on any atom is 0.272 e. The summed E-state index contributed by atoms with van der Waals surface area (Å²) in [7, 11) is 0. The molecule has 4 rings (SSSR count). The zero-order chi connectivity index (χ0) is 26.9. The van der Waals surface area contributed by atoms with E-state index in [4.69, 9.17) is 0 Å². The Morgan fingerprint density at radius 3 is 2.13 bits per heavy atom. The lowest BCUT2D eigenvalue weighted by Gasteiger charge is -2.12. The smallest absolute Gasteiger partial charge is 0.272 e. The molecule has 2 amide bonds. The molecule has 0 radical (unpaired) electrons. The molecule has 2 N–H and O–H groups in total. The van der Waals surface area contributed by atoms with Crippen LogP contribution in [0.1, 0.15) is 57.2 Å². The van der Waals surface area contributed by atoms with Gasteiger partial charge < -0.3 is 10.6 Å². The van der Waals surface area contributed by atoms with Gasteiger partial charge in [-0.15, -0.1) is 0 Å². The van der Waals surface area contributed by atoms with E-state index in [0.29, 0.717) is 22.7 Å². The van der Waals surface area contributed by atoms with Gasteiger partial charge >= 0.3 is 0 Å². The van der Waals surface area contributed by atoms with Crippen LogP contribution in [0.25, 0.3) is 12.2 Å². The van der Waals surface area contributed by atoms with Crippen molar-refractivity contribution in [1.82, 2.24) is 5.32 Å². The molecule has 0 aliphatic rings. The predicted molar refractivity (Wildman–Crippen MR) is 155 cm³/mol. The number of nitrogens with one attached hydrogen (secondary N) is 2. The number of allylic oxidation sites excluding steroid dienone is 1. The molecular weight excluding hydrogens is 492 g/mol. The van der Waals surface area contributed by atoms with Crippen LogP contribution in [-0.2, 0) is 4.79 Å². The number of thiophene rings is 1. The fraction of sp³-hybridized carbons (Fsp3) is 0.0938. The average Bonchev–Trinajstić information content (AvgIpc) is 3.46. The van der Waals surface area contributed by atoms with Crippen molar-refractivity contribution in [1.29, 1.82) is 0 Å². The van der Waals surface area contributed by atoms with Gasteiger partial charge in [-0.3, -0.25) is 14.4 Å². The summed E-state index contributed by atoms with van der Waals surface area (Å²) in [5, 5.41) is 9.48. The van der Waals surface area contributed by atoms with Gasteiger partial charge in [-0.1, -0.05) is 62.4 Å². The molecule has 0 aliphatic heterocycles. The summed E-state index contributed by atoms with van der Waals surface area (Å²) in [6, 6.07) is 25.2. The van der Waals surface area contributed by atoms with Crippen LogP contribution < -0.4 is 10.6 Å². The number of hydrogen-bond donors (Lipinski definition) is 2. The first-order chi connectivity index (χ1) is 18.4. The van der Waals surface area contributed by atoms with E-state index in [1.807, 2.05) is 47.2 Å². The standard InChI is InChI=1S/C32H28N2O3S/c1-22(2)25-11-8-23(9-12-25)20-29(34-31(36)27-6-4-3-5-7-27)32(37)33-28-15-13-26(14-16-28)30(35)17-10-24-18-19-38-21-24/h3-22H,1-2H3,(H,33,37)(H,34,36)/b17-10+,29-20-. The van der Waals surface area contributed by atoms with Gasteiger partial charge in [-0.25, -0.2) is 0 Å². The van der Waals surface area contributed by atoms with E-state index in [1.165, 1.54) is 11.6 Å². The first-order valence-electron chi connectivity index (χ1n) is 12.2. The van der Waals surface area contributed by atoms with Crippen LogP contribution in [0.15, 0.2) is 107 Å². The average molecular weight is 521 g/mol. The normalized spacial score (nSPS) is 11.5. The zero-order valence-electron chi connectivity index (χ0n) is 21.2. The molecule has 3 aromatic carbocycles. The molecule has 1 aromatic heterocycles. The molecule has 1 heterocycles. The highest BCUT2D eigenvalue weighted by molar-refractivity contribution is 7.08. The van der Waals surface area contributed by atoms with E-state index >= 15 is 0 Å². The highest BCUT2D eigenvalue weighted by Gasteiger charge is 2.15. The number of amides is 2. The molecule has 0 fully saturated rings. The number of hydrogen-bond acceptors (Lipinski definition) is 4. The van der Waals surface area contributed by atoms with E-state index in [2.05, 4.69) is 24.5 Å². The molecule has 0 atom stereocenters. The molecule has 0 spiro atoms. The highest BCUT2D eigenvalue weighted by atomic mass is 32.1. The number of carbonyl (C=O) groups excluding carboxylic acids is 3. The summed E-state index contributed by atoms with van der Waals surface area (Å²) >= 11 is 1.57. The SMILES string of the molecule is CC(C)c1ccc(/C=C(\NC(=O)c2ccccc2)C(=O)Nc2ccc(C(=O)/C=C/c3ccsc3)cc2)cc1. The van der Waals surface area contributed by atoms with Crippen LogP contribution in [0.4, 0.5) is 5.69 Å². The van der Waals surface area contributed by atoms with Crippen LogP contribution in [0.3, 0.4) is 0 Å². The van der Waals surface area contributed by atoms with Gasteiger partial charge in [-0.2, -0.15) is 11.3 Å². The van der Waals surface area contributed by atoms with Gasteiger partial charge in [0.05, 0.1) is 0 Å². The van der Waals surface area contributed by atoms with Crippen molar-refractivity contribution in [2.75, 3.05) is 5.32 Å². The van der Waals surface area contributed by atoms with Crippen LogP contribution in [-0.4, -0.2) is 17.6 Å². The Hall–Kier alpha value is -4.55. The van der Waals surface area contributed by atoms with Crippen molar-refractivity contribution >= 4 is 46.8 Å². The molecular formula is C32H28N2O3S. The predicted octanol–water partition coefficient (Wildman–Crippen LogP) is 7.18. The molecule has 190 valence electrons. The fourth-order valence-corrected chi connectivity index (χ4v) is 4.27. The van der Waals surface area contributed by atoms with Crippen molar-refractivity contribution in [3.05, 3.63) is 135 Å².